The zero-order valence-corrected chi connectivity index (χ0v) is 13.4. The minimum Gasteiger partial charge on any atom is -0.376 e. The third-order valence-electron chi connectivity index (χ3n) is 2.98. The fourth-order valence-corrected chi connectivity index (χ4v) is 2.04. The molecule has 0 heterocycles. The van der Waals surface area contributed by atoms with Crippen molar-refractivity contribution < 1.29 is 4.79 Å². The van der Waals surface area contributed by atoms with E-state index in [2.05, 4.69) is 15.8 Å². The van der Waals surface area contributed by atoms with E-state index in [9.17, 15) is 4.79 Å². The van der Waals surface area contributed by atoms with E-state index in [0.29, 0.717) is 10.0 Å². The second-order valence-corrected chi connectivity index (χ2v) is 5.45. The number of nitrogens with one attached hydrogen (secondary N) is 2. The van der Waals surface area contributed by atoms with Gasteiger partial charge in [-0.2, -0.15) is 5.10 Å². The van der Waals surface area contributed by atoms with Crippen LogP contribution in [0, 0.1) is 6.92 Å². The zero-order valence-electron chi connectivity index (χ0n) is 11.9. The summed E-state index contributed by atoms with van der Waals surface area (Å²) in [5.74, 6) is -0.246. The van der Waals surface area contributed by atoms with E-state index in [4.69, 9.17) is 23.2 Å². The van der Waals surface area contributed by atoms with E-state index in [0.717, 1.165) is 16.8 Å². The Bertz CT molecular complexity index is 684. The average molecular weight is 336 g/mol. The van der Waals surface area contributed by atoms with Gasteiger partial charge in [-0.15, -0.1) is 0 Å². The van der Waals surface area contributed by atoms with Gasteiger partial charge in [-0.1, -0.05) is 41.4 Å². The largest absolute Gasteiger partial charge is 0.376 e. The number of nitrogens with zero attached hydrogens (tertiary/aromatic N) is 1. The van der Waals surface area contributed by atoms with Gasteiger partial charge >= 0.3 is 0 Å². The molecule has 0 saturated carbocycles. The standard InChI is InChI=1S/C16H15Cl2N3O/c1-11-14(18)3-2-4-15(11)19-10-16(22)21-20-9-12-5-7-13(17)8-6-12/h2-9,19H,10H2,1H3,(H,21,22). The molecule has 22 heavy (non-hydrogen) atoms. The van der Waals surface area contributed by atoms with Gasteiger partial charge in [0.25, 0.3) is 5.91 Å². The van der Waals surface area contributed by atoms with E-state index in [1.54, 1.807) is 24.4 Å². The number of amides is 1. The highest BCUT2D eigenvalue weighted by molar-refractivity contribution is 6.31. The van der Waals surface area contributed by atoms with Crippen LogP contribution >= 0.6 is 23.2 Å². The Labute approximate surface area is 139 Å². The van der Waals surface area contributed by atoms with Crippen molar-refractivity contribution in [2.45, 2.75) is 6.92 Å². The van der Waals surface area contributed by atoms with Crippen LogP contribution < -0.4 is 10.7 Å². The first kappa shape index (κ1) is 16.3. The number of hydrazone groups is 1. The van der Waals surface area contributed by atoms with Crippen molar-refractivity contribution in [2.75, 3.05) is 11.9 Å². The molecule has 1 amide bonds. The zero-order chi connectivity index (χ0) is 15.9. The quantitative estimate of drug-likeness (QED) is 0.643. The van der Waals surface area contributed by atoms with Crippen LogP contribution in [0.15, 0.2) is 47.6 Å². The predicted molar refractivity (Wildman–Crippen MR) is 91.9 cm³/mol. The maximum Gasteiger partial charge on any atom is 0.259 e. The van der Waals surface area contributed by atoms with Crippen molar-refractivity contribution in [1.82, 2.24) is 5.43 Å². The second-order valence-electron chi connectivity index (χ2n) is 4.61. The molecule has 6 heteroatoms. The van der Waals surface area contributed by atoms with Crippen LogP contribution in [0.1, 0.15) is 11.1 Å². The predicted octanol–water partition coefficient (Wildman–Crippen LogP) is 3.86. The van der Waals surface area contributed by atoms with Crippen LogP contribution in [0.5, 0.6) is 0 Å². The highest BCUT2D eigenvalue weighted by Gasteiger charge is 2.04. The van der Waals surface area contributed by atoms with Crippen molar-refractivity contribution in [2.24, 2.45) is 5.10 Å². The van der Waals surface area contributed by atoms with Gasteiger partial charge in [0, 0.05) is 15.7 Å². The molecule has 0 saturated heterocycles. The molecule has 0 aliphatic carbocycles. The van der Waals surface area contributed by atoms with Crippen molar-refractivity contribution in [1.29, 1.82) is 0 Å². The minimum atomic E-state index is -0.246. The molecule has 0 unspecified atom stereocenters. The first-order valence-electron chi connectivity index (χ1n) is 6.63. The number of rotatable bonds is 5. The Hall–Kier alpha value is -2.04. The molecule has 0 fully saturated rings. The van der Waals surface area contributed by atoms with Gasteiger partial charge in [0.15, 0.2) is 0 Å². The first-order valence-corrected chi connectivity index (χ1v) is 7.38. The summed E-state index contributed by atoms with van der Waals surface area (Å²) in [5, 5.41) is 8.22. The second kappa shape index (κ2) is 7.82. The lowest BCUT2D eigenvalue weighted by atomic mass is 10.2. The van der Waals surface area contributed by atoms with Crippen molar-refractivity contribution in [3.8, 4) is 0 Å². The van der Waals surface area contributed by atoms with Gasteiger partial charge < -0.3 is 5.32 Å². The molecule has 114 valence electrons. The van der Waals surface area contributed by atoms with Crippen LogP contribution in [0.2, 0.25) is 10.0 Å². The summed E-state index contributed by atoms with van der Waals surface area (Å²) in [6.07, 6.45) is 1.55. The molecule has 2 N–H and O–H groups in total. The molecular formula is C16H15Cl2N3O. The lowest BCUT2D eigenvalue weighted by molar-refractivity contribution is -0.119. The van der Waals surface area contributed by atoms with Crippen LogP contribution in [-0.4, -0.2) is 18.7 Å². The monoisotopic (exact) mass is 335 g/mol. The molecule has 4 nitrogen and oxygen atoms in total. The van der Waals surface area contributed by atoms with Crippen LogP contribution in [0.25, 0.3) is 0 Å². The normalized spacial score (nSPS) is 10.7. The summed E-state index contributed by atoms with van der Waals surface area (Å²) >= 11 is 11.8. The fourth-order valence-electron chi connectivity index (χ4n) is 1.74. The SMILES string of the molecule is Cc1c(Cl)cccc1NCC(=O)NN=Cc1ccc(Cl)cc1. The Morgan fingerprint density at radius 3 is 2.64 bits per heavy atom. The van der Waals surface area contributed by atoms with Gasteiger partial charge in [-0.25, -0.2) is 5.43 Å². The molecule has 0 atom stereocenters. The molecular weight excluding hydrogens is 321 g/mol. The summed E-state index contributed by atoms with van der Waals surface area (Å²) in [4.78, 5) is 11.7. The highest BCUT2D eigenvalue weighted by Crippen LogP contribution is 2.22. The van der Waals surface area contributed by atoms with Crippen LogP contribution in [0.4, 0.5) is 5.69 Å². The van der Waals surface area contributed by atoms with Crippen LogP contribution in [-0.2, 0) is 4.79 Å². The summed E-state index contributed by atoms with van der Waals surface area (Å²) < 4.78 is 0. The van der Waals surface area contributed by atoms with Crippen molar-refractivity contribution in [3.05, 3.63) is 63.6 Å². The molecule has 0 spiro atoms. The lowest BCUT2D eigenvalue weighted by Crippen LogP contribution is -2.26. The lowest BCUT2D eigenvalue weighted by Gasteiger charge is -2.09. The minimum absolute atomic E-state index is 0.110. The first-order chi connectivity index (χ1) is 10.6. The topological polar surface area (TPSA) is 53.5 Å². The van der Waals surface area contributed by atoms with E-state index >= 15 is 0 Å². The van der Waals surface area contributed by atoms with E-state index in [-0.39, 0.29) is 12.5 Å². The van der Waals surface area contributed by atoms with E-state index in [1.807, 2.05) is 31.2 Å². The maximum absolute atomic E-state index is 11.7. The molecule has 0 radical (unpaired) electrons. The number of benzene rings is 2. The van der Waals surface area contributed by atoms with Crippen molar-refractivity contribution >= 4 is 41.0 Å². The molecule has 0 aliphatic rings. The van der Waals surface area contributed by atoms with Crippen molar-refractivity contribution in [3.63, 3.8) is 0 Å². The summed E-state index contributed by atoms with van der Waals surface area (Å²) in [6, 6.07) is 12.6. The number of hydrogen-bond acceptors (Lipinski definition) is 3. The number of halogens is 2. The smallest absolute Gasteiger partial charge is 0.259 e. The molecule has 2 aromatic carbocycles. The fraction of sp³-hybridized carbons (Fsp3) is 0.125. The van der Waals surface area contributed by atoms with Gasteiger partial charge in [-0.05, 0) is 42.3 Å². The Morgan fingerprint density at radius 1 is 1.18 bits per heavy atom. The average Bonchev–Trinajstić information content (AvgIpc) is 2.51. The number of carbonyl (C=O) groups excluding carboxylic acids is 1. The van der Waals surface area contributed by atoms with Gasteiger partial charge in [0.2, 0.25) is 0 Å². The third kappa shape index (κ3) is 4.76. The highest BCUT2D eigenvalue weighted by atomic mass is 35.5. The van der Waals surface area contributed by atoms with E-state index < -0.39 is 0 Å². The molecule has 2 aromatic rings. The molecule has 0 bridgehead atoms. The molecule has 0 aromatic heterocycles. The summed E-state index contributed by atoms with van der Waals surface area (Å²) in [5.41, 5.74) is 5.03. The Kier molecular flexibility index (Phi) is 5.81. The van der Waals surface area contributed by atoms with E-state index in [1.165, 1.54) is 0 Å². The summed E-state index contributed by atoms with van der Waals surface area (Å²) in [6.45, 7) is 2.00. The third-order valence-corrected chi connectivity index (χ3v) is 3.64. The molecule has 0 aliphatic heterocycles. The van der Waals surface area contributed by atoms with Gasteiger partial charge in [0.05, 0.1) is 12.8 Å². The van der Waals surface area contributed by atoms with Gasteiger partial charge in [-0.3, -0.25) is 4.79 Å². The Morgan fingerprint density at radius 2 is 1.91 bits per heavy atom. The number of carbonyl (C=O) groups is 1. The van der Waals surface area contributed by atoms with Gasteiger partial charge in [0.1, 0.15) is 0 Å². The number of anilines is 1. The number of hydrogen-bond donors (Lipinski definition) is 2. The Balaban J connectivity index is 1.83. The summed E-state index contributed by atoms with van der Waals surface area (Å²) in [7, 11) is 0. The van der Waals surface area contributed by atoms with Crippen LogP contribution in [0.3, 0.4) is 0 Å². The maximum atomic E-state index is 11.7. The molecule has 2 rings (SSSR count).